The van der Waals surface area contributed by atoms with Gasteiger partial charge in [-0.15, -0.1) is 0 Å². The second-order valence-corrected chi connectivity index (χ2v) is 7.80. The molecule has 1 aromatic carbocycles. The summed E-state index contributed by atoms with van der Waals surface area (Å²) in [7, 11) is 0. The zero-order valence-corrected chi connectivity index (χ0v) is 16.6. The van der Waals surface area contributed by atoms with Gasteiger partial charge in [0.05, 0.1) is 6.54 Å². The Morgan fingerprint density at radius 3 is 2.44 bits per heavy atom. The highest BCUT2D eigenvalue weighted by molar-refractivity contribution is 6.30. The van der Waals surface area contributed by atoms with Crippen LogP contribution in [0.25, 0.3) is 0 Å². The van der Waals surface area contributed by atoms with Crippen LogP contribution in [0, 0.1) is 11.8 Å². The van der Waals surface area contributed by atoms with Crippen molar-refractivity contribution in [2.45, 2.75) is 53.8 Å². The third kappa shape index (κ3) is 5.12. The highest BCUT2D eigenvalue weighted by atomic mass is 35.5. The Bertz CT molecular complexity index is 705. The molecular formula is C21H29ClN2O. The van der Waals surface area contributed by atoms with Gasteiger partial charge in [-0.25, -0.2) is 0 Å². The van der Waals surface area contributed by atoms with Gasteiger partial charge in [-0.3, -0.25) is 4.79 Å². The average Bonchev–Trinajstić information content (AvgIpc) is 2.98. The van der Waals surface area contributed by atoms with Crippen LogP contribution in [0.3, 0.4) is 0 Å². The monoisotopic (exact) mass is 360 g/mol. The van der Waals surface area contributed by atoms with E-state index in [0.29, 0.717) is 12.5 Å². The zero-order valence-electron chi connectivity index (χ0n) is 15.9. The first-order chi connectivity index (χ1) is 11.8. The minimum atomic E-state index is -0.00228. The Labute approximate surface area is 156 Å². The molecule has 0 aliphatic carbocycles. The largest absolute Gasteiger partial charge is 0.345 e. The standard InChI is InChI=1S/C21H29ClN2O/c1-15(2)17(5)24(21(25)16(3)4)14-20-10-7-11-23(20)13-18-8-6-9-19(22)12-18/h6-12,15-17H,13-14H2,1-5H3. The summed E-state index contributed by atoms with van der Waals surface area (Å²) in [6.45, 7) is 11.8. The molecule has 0 saturated carbocycles. The van der Waals surface area contributed by atoms with Crippen molar-refractivity contribution in [1.82, 2.24) is 9.47 Å². The van der Waals surface area contributed by atoms with E-state index in [2.05, 4.69) is 43.7 Å². The molecule has 0 N–H and O–H groups in total. The van der Waals surface area contributed by atoms with Gasteiger partial charge >= 0.3 is 0 Å². The van der Waals surface area contributed by atoms with Crippen LogP contribution in [-0.4, -0.2) is 21.4 Å². The van der Waals surface area contributed by atoms with Crippen molar-refractivity contribution in [2.24, 2.45) is 11.8 Å². The molecule has 136 valence electrons. The summed E-state index contributed by atoms with van der Waals surface area (Å²) in [6, 6.07) is 12.2. The molecule has 1 aromatic heterocycles. The highest BCUT2D eigenvalue weighted by Gasteiger charge is 2.25. The number of hydrogen-bond acceptors (Lipinski definition) is 1. The lowest BCUT2D eigenvalue weighted by molar-refractivity contribution is -0.138. The normalized spacial score (nSPS) is 12.6. The zero-order chi connectivity index (χ0) is 18.6. The number of carbonyl (C=O) groups is 1. The van der Waals surface area contributed by atoms with E-state index in [9.17, 15) is 4.79 Å². The van der Waals surface area contributed by atoms with Gasteiger partial charge in [-0.1, -0.05) is 51.4 Å². The first-order valence-corrected chi connectivity index (χ1v) is 9.36. The van der Waals surface area contributed by atoms with E-state index in [-0.39, 0.29) is 17.9 Å². The highest BCUT2D eigenvalue weighted by Crippen LogP contribution is 2.19. The van der Waals surface area contributed by atoms with Gasteiger partial charge in [0.2, 0.25) is 5.91 Å². The summed E-state index contributed by atoms with van der Waals surface area (Å²) in [5.41, 5.74) is 2.30. The van der Waals surface area contributed by atoms with Gasteiger partial charge in [0.15, 0.2) is 0 Å². The average molecular weight is 361 g/mol. The second-order valence-electron chi connectivity index (χ2n) is 7.36. The summed E-state index contributed by atoms with van der Waals surface area (Å²) in [5.74, 6) is 0.619. The first kappa shape index (κ1) is 19.6. The molecule has 0 fully saturated rings. The Kier molecular flexibility index (Phi) is 6.71. The van der Waals surface area contributed by atoms with Crippen molar-refractivity contribution in [1.29, 1.82) is 0 Å². The van der Waals surface area contributed by atoms with E-state index in [1.54, 1.807) is 0 Å². The van der Waals surface area contributed by atoms with Crippen LogP contribution in [0.4, 0.5) is 0 Å². The van der Waals surface area contributed by atoms with E-state index >= 15 is 0 Å². The molecule has 0 radical (unpaired) electrons. The fourth-order valence-corrected chi connectivity index (χ4v) is 3.08. The number of amides is 1. The molecule has 4 heteroatoms. The van der Waals surface area contributed by atoms with Gasteiger partial charge < -0.3 is 9.47 Å². The van der Waals surface area contributed by atoms with Crippen LogP contribution in [0.2, 0.25) is 5.02 Å². The SMILES string of the molecule is CC(C)C(=O)N(Cc1cccn1Cc1cccc(Cl)c1)C(C)C(C)C. The Morgan fingerprint density at radius 2 is 1.84 bits per heavy atom. The molecule has 2 rings (SSSR count). The quantitative estimate of drug-likeness (QED) is 0.664. The van der Waals surface area contributed by atoms with Crippen molar-refractivity contribution in [3.8, 4) is 0 Å². The predicted molar refractivity (Wildman–Crippen MR) is 105 cm³/mol. The molecule has 1 heterocycles. The third-order valence-corrected chi connectivity index (χ3v) is 4.97. The molecule has 0 aliphatic rings. The van der Waals surface area contributed by atoms with Gasteiger partial charge in [0.25, 0.3) is 0 Å². The molecule has 25 heavy (non-hydrogen) atoms. The maximum absolute atomic E-state index is 12.7. The van der Waals surface area contributed by atoms with E-state index in [1.165, 1.54) is 0 Å². The van der Waals surface area contributed by atoms with Crippen LogP contribution < -0.4 is 0 Å². The summed E-state index contributed by atoms with van der Waals surface area (Å²) < 4.78 is 2.19. The smallest absolute Gasteiger partial charge is 0.225 e. The topological polar surface area (TPSA) is 25.2 Å². The maximum atomic E-state index is 12.7. The van der Waals surface area contributed by atoms with E-state index in [0.717, 1.165) is 22.8 Å². The minimum absolute atomic E-state index is 0.00228. The van der Waals surface area contributed by atoms with Crippen LogP contribution >= 0.6 is 11.6 Å². The number of nitrogens with zero attached hydrogens (tertiary/aromatic N) is 2. The number of aromatic nitrogens is 1. The number of hydrogen-bond donors (Lipinski definition) is 0. The van der Waals surface area contributed by atoms with Crippen molar-refractivity contribution < 1.29 is 4.79 Å². The summed E-state index contributed by atoms with van der Waals surface area (Å²) in [5, 5.41) is 0.747. The van der Waals surface area contributed by atoms with Crippen LogP contribution in [0.1, 0.15) is 45.9 Å². The lowest BCUT2D eigenvalue weighted by Gasteiger charge is -2.33. The molecule has 2 aromatic rings. The molecule has 1 atom stereocenters. The van der Waals surface area contributed by atoms with Crippen LogP contribution in [-0.2, 0) is 17.9 Å². The predicted octanol–water partition coefficient (Wildman–Crippen LogP) is 5.22. The fourth-order valence-electron chi connectivity index (χ4n) is 2.87. The van der Waals surface area contributed by atoms with Gasteiger partial charge in [0, 0.05) is 35.4 Å². The lowest BCUT2D eigenvalue weighted by atomic mass is 10.0. The van der Waals surface area contributed by atoms with Gasteiger partial charge in [-0.05, 0) is 42.7 Å². The van der Waals surface area contributed by atoms with E-state index in [4.69, 9.17) is 11.6 Å². The Hall–Kier alpha value is -1.74. The van der Waals surface area contributed by atoms with E-state index in [1.807, 2.05) is 43.0 Å². The molecule has 0 saturated heterocycles. The third-order valence-electron chi connectivity index (χ3n) is 4.73. The summed E-state index contributed by atoms with van der Waals surface area (Å²) >= 11 is 6.10. The molecule has 3 nitrogen and oxygen atoms in total. The first-order valence-electron chi connectivity index (χ1n) is 8.98. The van der Waals surface area contributed by atoms with Gasteiger partial charge in [0.1, 0.15) is 0 Å². The van der Waals surface area contributed by atoms with Crippen LogP contribution in [0.5, 0.6) is 0 Å². The molecule has 0 spiro atoms. The van der Waals surface area contributed by atoms with Crippen molar-refractivity contribution in [3.05, 3.63) is 58.9 Å². The van der Waals surface area contributed by atoms with Gasteiger partial charge in [-0.2, -0.15) is 0 Å². The van der Waals surface area contributed by atoms with Crippen LogP contribution in [0.15, 0.2) is 42.6 Å². The Morgan fingerprint density at radius 1 is 1.12 bits per heavy atom. The van der Waals surface area contributed by atoms with Crippen molar-refractivity contribution >= 4 is 17.5 Å². The number of rotatable bonds is 7. The molecule has 1 amide bonds. The molecular weight excluding hydrogens is 332 g/mol. The lowest BCUT2D eigenvalue weighted by Crippen LogP contribution is -2.43. The molecule has 0 aliphatic heterocycles. The molecule has 1 unspecified atom stereocenters. The summed E-state index contributed by atoms with van der Waals surface area (Å²) in [6.07, 6.45) is 2.06. The van der Waals surface area contributed by atoms with Crippen molar-refractivity contribution in [2.75, 3.05) is 0 Å². The Balaban J connectivity index is 2.23. The number of carbonyl (C=O) groups excluding carboxylic acids is 1. The number of halogens is 1. The second kappa shape index (κ2) is 8.57. The van der Waals surface area contributed by atoms with E-state index < -0.39 is 0 Å². The molecule has 0 bridgehead atoms. The van der Waals surface area contributed by atoms with Crippen molar-refractivity contribution in [3.63, 3.8) is 0 Å². The summed E-state index contributed by atoms with van der Waals surface area (Å²) in [4.78, 5) is 14.7. The fraction of sp³-hybridized carbons (Fsp3) is 0.476. The minimum Gasteiger partial charge on any atom is -0.345 e. The number of benzene rings is 1. The maximum Gasteiger partial charge on any atom is 0.225 e.